The van der Waals surface area contributed by atoms with E-state index in [1.165, 1.54) is 35.4 Å². The fourth-order valence-electron chi connectivity index (χ4n) is 3.90. The molecule has 0 aliphatic heterocycles. The largest absolute Gasteiger partial charge is 0.397 e. The molecule has 4 nitrogen and oxygen atoms in total. The number of nitrogens with two attached hydrogens (primary N) is 1. The molecule has 4 rings (SSSR count). The summed E-state index contributed by atoms with van der Waals surface area (Å²) in [6.07, 6.45) is 6.21. The predicted octanol–water partition coefficient (Wildman–Crippen LogP) is 5.13. The SMILES string of the molecule is CCc1cccc(CC)c1NC(=O)c1sc2nc3c(cc2c1N)CCCC3. The molecule has 0 bridgehead atoms. The van der Waals surface area contributed by atoms with Crippen LogP contribution in [0.3, 0.4) is 0 Å². The zero-order chi connectivity index (χ0) is 19.0. The van der Waals surface area contributed by atoms with Crippen LogP contribution in [0, 0.1) is 0 Å². The third kappa shape index (κ3) is 3.21. The zero-order valence-corrected chi connectivity index (χ0v) is 16.7. The molecule has 3 aromatic rings. The Balaban J connectivity index is 1.73. The molecule has 140 valence electrons. The number of aromatic nitrogens is 1. The Morgan fingerprint density at radius 3 is 2.59 bits per heavy atom. The van der Waals surface area contributed by atoms with Crippen molar-refractivity contribution in [2.75, 3.05) is 11.1 Å². The van der Waals surface area contributed by atoms with Gasteiger partial charge in [0, 0.05) is 16.8 Å². The van der Waals surface area contributed by atoms with Gasteiger partial charge in [0.05, 0.1) is 5.69 Å². The lowest BCUT2D eigenvalue weighted by Crippen LogP contribution is -2.15. The van der Waals surface area contributed by atoms with Crippen LogP contribution in [0.1, 0.15) is 58.7 Å². The highest BCUT2D eigenvalue weighted by molar-refractivity contribution is 7.21. The number of hydrogen-bond acceptors (Lipinski definition) is 4. The van der Waals surface area contributed by atoms with E-state index in [0.717, 1.165) is 52.7 Å². The summed E-state index contributed by atoms with van der Waals surface area (Å²) < 4.78 is 0. The number of rotatable bonds is 4. The van der Waals surface area contributed by atoms with Gasteiger partial charge in [-0.25, -0.2) is 4.98 Å². The van der Waals surface area contributed by atoms with Crippen LogP contribution in [0.15, 0.2) is 24.3 Å². The molecule has 0 atom stereocenters. The Morgan fingerprint density at radius 2 is 1.89 bits per heavy atom. The molecule has 0 spiro atoms. The van der Waals surface area contributed by atoms with E-state index in [4.69, 9.17) is 10.7 Å². The van der Waals surface area contributed by atoms with Crippen LogP contribution in [0.5, 0.6) is 0 Å². The second kappa shape index (κ2) is 7.31. The summed E-state index contributed by atoms with van der Waals surface area (Å²) in [5, 5.41) is 4.05. The number of nitrogens with zero attached hydrogens (tertiary/aromatic N) is 1. The van der Waals surface area contributed by atoms with Gasteiger partial charge in [0.15, 0.2) is 0 Å². The van der Waals surface area contributed by atoms with Crippen LogP contribution in [0.2, 0.25) is 0 Å². The Kier molecular flexibility index (Phi) is 4.87. The summed E-state index contributed by atoms with van der Waals surface area (Å²) in [7, 11) is 0. The minimum Gasteiger partial charge on any atom is -0.397 e. The molecule has 0 unspecified atom stereocenters. The van der Waals surface area contributed by atoms with E-state index in [1.807, 2.05) is 0 Å². The highest BCUT2D eigenvalue weighted by Crippen LogP contribution is 2.36. The van der Waals surface area contributed by atoms with Gasteiger partial charge >= 0.3 is 0 Å². The quantitative estimate of drug-likeness (QED) is 0.660. The third-order valence-electron chi connectivity index (χ3n) is 5.44. The van der Waals surface area contributed by atoms with Gasteiger partial charge in [-0.3, -0.25) is 4.79 Å². The van der Waals surface area contributed by atoms with Crippen LogP contribution in [0.25, 0.3) is 10.2 Å². The summed E-state index contributed by atoms with van der Waals surface area (Å²) in [4.78, 5) is 19.3. The van der Waals surface area contributed by atoms with Crippen LogP contribution in [-0.4, -0.2) is 10.9 Å². The van der Waals surface area contributed by atoms with E-state index < -0.39 is 0 Å². The second-order valence-corrected chi connectivity index (χ2v) is 8.11. The van der Waals surface area contributed by atoms with Crippen molar-refractivity contribution >= 4 is 38.8 Å². The number of amides is 1. The van der Waals surface area contributed by atoms with Gasteiger partial charge in [0.25, 0.3) is 5.91 Å². The standard InChI is InChI=1S/C22H25N3OS/c1-3-13-9-7-10-14(4-2)19(13)25-21(26)20-18(23)16-12-15-8-5-6-11-17(15)24-22(16)27-20/h7,9-10,12H,3-6,8,11,23H2,1-2H3,(H,25,26). The average molecular weight is 380 g/mol. The lowest BCUT2D eigenvalue weighted by molar-refractivity contribution is 0.103. The number of nitrogen functional groups attached to an aromatic ring is 1. The number of thiophene rings is 1. The topological polar surface area (TPSA) is 68.0 Å². The maximum Gasteiger partial charge on any atom is 0.267 e. The molecule has 0 radical (unpaired) electrons. The first-order valence-corrected chi connectivity index (χ1v) is 10.6. The van der Waals surface area contributed by atoms with Crippen molar-refractivity contribution in [1.82, 2.24) is 4.98 Å². The van der Waals surface area contributed by atoms with E-state index in [1.54, 1.807) is 0 Å². The molecule has 1 amide bonds. The Bertz CT molecular complexity index is 1000. The summed E-state index contributed by atoms with van der Waals surface area (Å²) in [5.74, 6) is -0.135. The number of nitrogens with one attached hydrogen (secondary N) is 1. The second-order valence-electron chi connectivity index (χ2n) is 7.11. The molecule has 0 saturated heterocycles. The molecular weight excluding hydrogens is 354 g/mol. The molecule has 0 fully saturated rings. The maximum absolute atomic E-state index is 13.1. The minimum absolute atomic E-state index is 0.135. The van der Waals surface area contributed by atoms with Crippen LogP contribution < -0.4 is 11.1 Å². The first-order valence-electron chi connectivity index (χ1n) is 9.75. The van der Waals surface area contributed by atoms with Crippen molar-refractivity contribution in [3.05, 3.63) is 51.5 Å². The highest BCUT2D eigenvalue weighted by atomic mass is 32.1. The van der Waals surface area contributed by atoms with Gasteiger partial charge in [-0.15, -0.1) is 11.3 Å². The Morgan fingerprint density at radius 1 is 1.19 bits per heavy atom. The lowest BCUT2D eigenvalue weighted by atomic mass is 9.95. The van der Waals surface area contributed by atoms with E-state index in [0.29, 0.717) is 10.6 Å². The van der Waals surface area contributed by atoms with E-state index in [9.17, 15) is 4.79 Å². The molecular formula is C22H25N3OS. The molecule has 5 heteroatoms. The number of fused-ring (bicyclic) bond motifs is 2. The Hall–Kier alpha value is -2.40. The normalized spacial score (nSPS) is 13.6. The fourth-order valence-corrected chi connectivity index (χ4v) is 4.89. The highest BCUT2D eigenvalue weighted by Gasteiger charge is 2.21. The number of pyridine rings is 1. The van der Waals surface area contributed by atoms with E-state index in [2.05, 4.69) is 43.4 Å². The molecule has 2 heterocycles. The first-order chi connectivity index (χ1) is 13.1. The Labute approximate surface area is 163 Å². The molecule has 0 saturated carbocycles. The zero-order valence-electron chi connectivity index (χ0n) is 15.9. The molecule has 1 aliphatic rings. The number of carbonyl (C=O) groups is 1. The van der Waals surface area contributed by atoms with Gasteiger partial charge in [-0.2, -0.15) is 0 Å². The minimum atomic E-state index is -0.135. The van der Waals surface area contributed by atoms with Crippen molar-refractivity contribution in [3.63, 3.8) is 0 Å². The van der Waals surface area contributed by atoms with Gasteiger partial charge in [-0.1, -0.05) is 32.0 Å². The number of para-hydroxylation sites is 1. The summed E-state index contributed by atoms with van der Waals surface area (Å²) in [6.45, 7) is 4.21. The van der Waals surface area contributed by atoms with E-state index >= 15 is 0 Å². The van der Waals surface area contributed by atoms with Crippen molar-refractivity contribution < 1.29 is 4.79 Å². The van der Waals surface area contributed by atoms with Crippen LogP contribution >= 0.6 is 11.3 Å². The number of aryl methyl sites for hydroxylation is 4. The van der Waals surface area contributed by atoms with Crippen LogP contribution in [0.4, 0.5) is 11.4 Å². The molecule has 3 N–H and O–H groups in total. The summed E-state index contributed by atoms with van der Waals surface area (Å²) in [5.41, 5.74) is 12.6. The van der Waals surface area contributed by atoms with Crippen molar-refractivity contribution in [2.45, 2.75) is 52.4 Å². The lowest BCUT2D eigenvalue weighted by Gasteiger charge is -2.14. The number of anilines is 2. The average Bonchev–Trinajstić information content (AvgIpc) is 3.02. The smallest absolute Gasteiger partial charge is 0.267 e. The summed E-state index contributed by atoms with van der Waals surface area (Å²) >= 11 is 1.40. The molecule has 1 aliphatic carbocycles. The van der Waals surface area contributed by atoms with Gasteiger partial charge in [0.1, 0.15) is 9.71 Å². The van der Waals surface area contributed by atoms with Gasteiger partial charge < -0.3 is 11.1 Å². The van der Waals surface area contributed by atoms with Crippen LogP contribution in [-0.2, 0) is 25.7 Å². The number of benzene rings is 1. The van der Waals surface area contributed by atoms with Gasteiger partial charge in [0.2, 0.25) is 0 Å². The molecule has 27 heavy (non-hydrogen) atoms. The number of carbonyl (C=O) groups excluding carboxylic acids is 1. The van der Waals surface area contributed by atoms with Crippen molar-refractivity contribution in [1.29, 1.82) is 0 Å². The molecule has 1 aromatic carbocycles. The molecule has 2 aromatic heterocycles. The van der Waals surface area contributed by atoms with Crippen molar-refractivity contribution in [3.8, 4) is 0 Å². The first kappa shape index (κ1) is 18.0. The maximum atomic E-state index is 13.1. The monoisotopic (exact) mass is 379 g/mol. The summed E-state index contributed by atoms with van der Waals surface area (Å²) in [6, 6.07) is 8.34. The van der Waals surface area contributed by atoms with Crippen molar-refractivity contribution in [2.24, 2.45) is 0 Å². The fraction of sp³-hybridized carbons (Fsp3) is 0.364. The third-order valence-corrected chi connectivity index (χ3v) is 6.56. The van der Waals surface area contributed by atoms with E-state index in [-0.39, 0.29) is 5.91 Å². The number of hydrogen-bond donors (Lipinski definition) is 2. The van der Waals surface area contributed by atoms with Gasteiger partial charge in [-0.05, 0) is 61.3 Å². The predicted molar refractivity (Wildman–Crippen MR) is 114 cm³/mol.